The van der Waals surface area contributed by atoms with Gasteiger partial charge in [0.05, 0.1) is 0 Å². The summed E-state index contributed by atoms with van der Waals surface area (Å²) in [5.74, 6) is -0.406. The van der Waals surface area contributed by atoms with Gasteiger partial charge in [-0.05, 0) is 53.8 Å². The number of aliphatic hydroxyl groups is 1. The first-order valence-corrected chi connectivity index (χ1v) is 9.68. The molecule has 29 heavy (non-hydrogen) atoms. The number of aliphatic hydroxyl groups excluding tert-OH is 1. The number of benzene rings is 2. The molecule has 0 spiro atoms. The van der Waals surface area contributed by atoms with Gasteiger partial charge in [0, 0.05) is 31.4 Å². The van der Waals surface area contributed by atoms with E-state index in [4.69, 9.17) is 5.11 Å². The van der Waals surface area contributed by atoms with Gasteiger partial charge in [-0.3, -0.25) is 9.59 Å². The van der Waals surface area contributed by atoms with Crippen LogP contribution in [0.4, 0.5) is 5.69 Å². The molecule has 0 atom stereocenters. The molecule has 3 rings (SSSR count). The molecule has 2 aromatic rings. The summed E-state index contributed by atoms with van der Waals surface area (Å²) in [7, 11) is 3.96. The predicted molar refractivity (Wildman–Crippen MR) is 117 cm³/mol. The second kappa shape index (κ2) is 9.34. The van der Waals surface area contributed by atoms with Gasteiger partial charge in [-0.2, -0.15) is 0 Å². The minimum Gasteiger partial charge on any atom is -0.388 e. The van der Waals surface area contributed by atoms with Crippen LogP contribution in [0.3, 0.4) is 0 Å². The summed E-state index contributed by atoms with van der Waals surface area (Å²) in [6.07, 6.45) is 6.96. The number of hydrogen-bond acceptors (Lipinski definition) is 4. The van der Waals surface area contributed by atoms with Crippen LogP contribution in [-0.4, -0.2) is 43.5 Å². The van der Waals surface area contributed by atoms with Crippen molar-refractivity contribution in [1.29, 1.82) is 0 Å². The minimum atomic E-state index is -0.497. The zero-order valence-electron chi connectivity index (χ0n) is 16.8. The number of ketones is 1. The van der Waals surface area contributed by atoms with Crippen LogP contribution in [0.15, 0.2) is 54.6 Å². The summed E-state index contributed by atoms with van der Waals surface area (Å²) in [6.45, 7) is -0.497. The third-order valence-electron chi connectivity index (χ3n) is 4.72. The van der Waals surface area contributed by atoms with E-state index >= 15 is 0 Å². The molecule has 2 aromatic carbocycles. The zero-order valence-corrected chi connectivity index (χ0v) is 16.8. The predicted octanol–water partition coefficient (Wildman–Crippen LogP) is 3.15. The molecular weight excluding hydrogens is 364 g/mol. The first kappa shape index (κ1) is 20.6. The number of nitrogens with one attached hydrogen (secondary N) is 1. The standard InChI is InChI=1S/C24H26N2O3/c1-26(2)21-12-8-19(9-13-21)23(24(29)25-20-10-11-20)15-18-5-3-17(4-6-18)7-14-22(28)16-27/h3-9,12-15,20,27H,10-11,16H2,1-2H3,(H,25,29)/b14-7+,23-15+. The van der Waals surface area contributed by atoms with E-state index in [2.05, 4.69) is 5.32 Å². The normalized spacial score (nSPS) is 14.1. The molecule has 1 fully saturated rings. The van der Waals surface area contributed by atoms with E-state index in [9.17, 15) is 9.59 Å². The van der Waals surface area contributed by atoms with Crippen LogP contribution in [0.25, 0.3) is 17.7 Å². The monoisotopic (exact) mass is 390 g/mol. The second-order valence-corrected chi connectivity index (χ2v) is 7.37. The summed E-state index contributed by atoms with van der Waals surface area (Å²) in [5, 5.41) is 11.9. The summed E-state index contributed by atoms with van der Waals surface area (Å²) < 4.78 is 0. The van der Waals surface area contributed by atoms with Crippen molar-refractivity contribution >= 4 is 35.1 Å². The summed E-state index contributed by atoms with van der Waals surface area (Å²) >= 11 is 0. The number of anilines is 1. The third-order valence-corrected chi connectivity index (χ3v) is 4.72. The molecule has 2 N–H and O–H groups in total. The van der Waals surface area contributed by atoms with Gasteiger partial charge in [0.25, 0.3) is 5.91 Å². The minimum absolute atomic E-state index is 0.0670. The molecule has 150 valence electrons. The average Bonchev–Trinajstić information content (AvgIpc) is 3.55. The van der Waals surface area contributed by atoms with Crippen LogP contribution in [0.5, 0.6) is 0 Å². The van der Waals surface area contributed by atoms with E-state index in [0.717, 1.165) is 35.2 Å². The molecule has 0 bridgehead atoms. The van der Waals surface area contributed by atoms with Gasteiger partial charge in [-0.15, -0.1) is 0 Å². The molecule has 0 aliphatic heterocycles. The number of hydrogen-bond donors (Lipinski definition) is 2. The fourth-order valence-corrected chi connectivity index (χ4v) is 2.82. The quantitative estimate of drug-likeness (QED) is 0.537. The first-order valence-electron chi connectivity index (χ1n) is 9.68. The number of rotatable bonds is 8. The van der Waals surface area contributed by atoms with E-state index < -0.39 is 6.61 Å². The van der Waals surface area contributed by atoms with Crippen LogP contribution in [-0.2, 0) is 9.59 Å². The second-order valence-electron chi connectivity index (χ2n) is 7.37. The third kappa shape index (κ3) is 5.90. The Morgan fingerprint density at radius 3 is 2.21 bits per heavy atom. The van der Waals surface area contributed by atoms with Crippen molar-refractivity contribution in [3.05, 3.63) is 71.3 Å². The zero-order chi connectivity index (χ0) is 20.8. The van der Waals surface area contributed by atoms with E-state index in [-0.39, 0.29) is 17.7 Å². The van der Waals surface area contributed by atoms with Gasteiger partial charge in [-0.1, -0.05) is 42.5 Å². The molecule has 5 heteroatoms. The van der Waals surface area contributed by atoms with Crippen molar-refractivity contribution < 1.29 is 14.7 Å². The summed E-state index contributed by atoms with van der Waals surface area (Å²) in [4.78, 5) is 26.0. The lowest BCUT2D eigenvalue weighted by atomic mass is 10.0. The first-order chi connectivity index (χ1) is 14.0. The molecule has 1 aliphatic rings. The fraction of sp³-hybridized carbons (Fsp3) is 0.250. The average molecular weight is 390 g/mol. The van der Waals surface area contributed by atoms with Gasteiger partial charge in [0.15, 0.2) is 5.78 Å². The smallest absolute Gasteiger partial charge is 0.252 e. The number of amides is 1. The van der Waals surface area contributed by atoms with E-state index in [1.165, 1.54) is 6.08 Å². The van der Waals surface area contributed by atoms with Crippen molar-refractivity contribution in [2.24, 2.45) is 0 Å². The van der Waals surface area contributed by atoms with Gasteiger partial charge in [-0.25, -0.2) is 0 Å². The largest absolute Gasteiger partial charge is 0.388 e. The highest BCUT2D eigenvalue weighted by Crippen LogP contribution is 2.25. The lowest BCUT2D eigenvalue weighted by molar-refractivity contribution is -0.117. The molecule has 0 heterocycles. The fourth-order valence-electron chi connectivity index (χ4n) is 2.82. The highest BCUT2D eigenvalue weighted by atomic mass is 16.3. The van der Waals surface area contributed by atoms with Crippen molar-refractivity contribution in [2.45, 2.75) is 18.9 Å². The van der Waals surface area contributed by atoms with Crippen molar-refractivity contribution in [3.8, 4) is 0 Å². The SMILES string of the molecule is CN(C)c1ccc(/C(=C\c2ccc(/C=C/C(=O)CO)cc2)C(=O)NC2CC2)cc1. The number of carbonyl (C=O) groups excluding carboxylic acids is 2. The Kier molecular flexibility index (Phi) is 6.62. The Morgan fingerprint density at radius 2 is 1.66 bits per heavy atom. The maximum absolute atomic E-state index is 12.8. The number of nitrogens with zero attached hydrogens (tertiary/aromatic N) is 1. The summed E-state index contributed by atoms with van der Waals surface area (Å²) in [5.41, 5.74) is 4.31. The molecule has 1 aliphatic carbocycles. The van der Waals surface area contributed by atoms with Crippen molar-refractivity contribution in [2.75, 3.05) is 25.6 Å². The molecule has 5 nitrogen and oxygen atoms in total. The Bertz CT molecular complexity index is 922. The lowest BCUT2D eigenvalue weighted by Gasteiger charge is -2.14. The topological polar surface area (TPSA) is 69.6 Å². The van der Waals surface area contributed by atoms with Crippen molar-refractivity contribution in [3.63, 3.8) is 0 Å². The maximum Gasteiger partial charge on any atom is 0.252 e. The van der Waals surface area contributed by atoms with Crippen LogP contribution >= 0.6 is 0 Å². The van der Waals surface area contributed by atoms with Crippen molar-refractivity contribution in [1.82, 2.24) is 5.32 Å². The van der Waals surface area contributed by atoms with Crippen LogP contribution in [0.1, 0.15) is 29.5 Å². The summed E-state index contributed by atoms with van der Waals surface area (Å²) in [6, 6.07) is 15.8. The molecular formula is C24H26N2O3. The van der Waals surface area contributed by atoms with Gasteiger partial charge in [0.1, 0.15) is 6.61 Å². The molecule has 0 aromatic heterocycles. The Balaban J connectivity index is 1.86. The molecule has 0 saturated heterocycles. The highest BCUT2D eigenvalue weighted by molar-refractivity contribution is 6.24. The Morgan fingerprint density at radius 1 is 1.03 bits per heavy atom. The van der Waals surface area contributed by atoms with Crippen LogP contribution < -0.4 is 10.2 Å². The van der Waals surface area contributed by atoms with Crippen LogP contribution in [0.2, 0.25) is 0 Å². The molecule has 1 saturated carbocycles. The van der Waals surface area contributed by atoms with E-state index in [0.29, 0.717) is 5.57 Å². The van der Waals surface area contributed by atoms with E-state index in [1.807, 2.05) is 73.6 Å². The van der Waals surface area contributed by atoms with Gasteiger partial charge < -0.3 is 15.3 Å². The highest BCUT2D eigenvalue weighted by Gasteiger charge is 2.25. The lowest BCUT2D eigenvalue weighted by Crippen LogP contribution is -2.26. The van der Waals surface area contributed by atoms with Crippen LogP contribution in [0, 0.1) is 0 Å². The maximum atomic E-state index is 12.8. The van der Waals surface area contributed by atoms with E-state index in [1.54, 1.807) is 6.08 Å². The molecule has 0 radical (unpaired) electrons. The Hall–Kier alpha value is -3.18. The Labute approximate surface area is 171 Å². The molecule has 0 unspecified atom stereocenters. The molecule has 1 amide bonds. The van der Waals surface area contributed by atoms with Gasteiger partial charge >= 0.3 is 0 Å². The number of carbonyl (C=O) groups is 2. The van der Waals surface area contributed by atoms with Gasteiger partial charge in [0.2, 0.25) is 0 Å².